The maximum absolute atomic E-state index is 12.3. The average Bonchev–Trinajstić information content (AvgIpc) is 3.24. The molecule has 4 rings (SSSR count). The summed E-state index contributed by atoms with van der Waals surface area (Å²) in [5, 5.41) is 5.52. The third-order valence-electron chi connectivity index (χ3n) is 3.64. The molecule has 25 heavy (non-hydrogen) atoms. The van der Waals surface area contributed by atoms with Gasteiger partial charge in [0.15, 0.2) is 11.5 Å². The van der Waals surface area contributed by atoms with Crippen molar-refractivity contribution in [3.05, 3.63) is 71.6 Å². The Bertz CT molecular complexity index is 872. The summed E-state index contributed by atoms with van der Waals surface area (Å²) in [5.74, 6) is 2.45. The minimum atomic E-state index is -0.333. The van der Waals surface area contributed by atoms with Gasteiger partial charge < -0.3 is 19.5 Å². The van der Waals surface area contributed by atoms with Crippen LogP contribution in [0.25, 0.3) is 0 Å². The standard InChI is InChI=1S/C18H14N2O4S/c21-17-15-6-4-13(23-15)9-25-10-14-5-7-16(24-14)18(22)20-12-3-1-2-11(8-12)19-17/h1-8H,9-10H2,(H,19,21)(H,20,22). The fraction of sp³-hybridized carbons (Fsp3) is 0.111. The van der Waals surface area contributed by atoms with Crippen molar-refractivity contribution in [2.24, 2.45) is 0 Å². The number of amides is 2. The van der Waals surface area contributed by atoms with Crippen molar-refractivity contribution in [1.29, 1.82) is 0 Å². The van der Waals surface area contributed by atoms with Gasteiger partial charge in [0.05, 0.1) is 11.5 Å². The van der Waals surface area contributed by atoms with Gasteiger partial charge in [-0.1, -0.05) is 6.07 Å². The van der Waals surface area contributed by atoms with Crippen LogP contribution >= 0.6 is 11.8 Å². The monoisotopic (exact) mass is 354 g/mol. The van der Waals surface area contributed by atoms with Gasteiger partial charge in [-0.3, -0.25) is 9.59 Å². The molecular formula is C18H14N2O4S. The summed E-state index contributed by atoms with van der Waals surface area (Å²) in [7, 11) is 0. The maximum atomic E-state index is 12.3. The van der Waals surface area contributed by atoms with Gasteiger partial charge >= 0.3 is 0 Å². The molecule has 0 saturated carbocycles. The molecule has 7 heteroatoms. The van der Waals surface area contributed by atoms with Crippen molar-refractivity contribution < 1.29 is 18.4 Å². The van der Waals surface area contributed by atoms with E-state index >= 15 is 0 Å². The van der Waals surface area contributed by atoms with Gasteiger partial charge in [-0.25, -0.2) is 0 Å². The Balaban J connectivity index is 1.68. The lowest BCUT2D eigenvalue weighted by Gasteiger charge is -2.07. The Labute approximate surface area is 147 Å². The molecule has 1 aliphatic heterocycles. The van der Waals surface area contributed by atoms with E-state index < -0.39 is 0 Å². The molecule has 6 bridgehead atoms. The van der Waals surface area contributed by atoms with E-state index in [0.717, 1.165) is 0 Å². The van der Waals surface area contributed by atoms with Crippen molar-refractivity contribution in [3.8, 4) is 0 Å². The van der Waals surface area contributed by atoms with Crippen LogP contribution in [0.4, 0.5) is 11.4 Å². The molecular weight excluding hydrogens is 340 g/mol. The highest BCUT2D eigenvalue weighted by molar-refractivity contribution is 7.97. The minimum Gasteiger partial charge on any atom is -0.455 e. The molecule has 2 amide bonds. The number of nitrogens with one attached hydrogen (secondary N) is 2. The van der Waals surface area contributed by atoms with Gasteiger partial charge in [0.25, 0.3) is 11.8 Å². The summed E-state index contributed by atoms with van der Waals surface area (Å²) in [6.07, 6.45) is 0. The van der Waals surface area contributed by atoms with Crippen LogP contribution < -0.4 is 10.6 Å². The zero-order valence-electron chi connectivity index (χ0n) is 13.1. The number of furan rings is 2. The summed E-state index contributed by atoms with van der Waals surface area (Å²) in [6.45, 7) is 0. The van der Waals surface area contributed by atoms with Crippen LogP contribution in [0.5, 0.6) is 0 Å². The molecule has 1 aliphatic rings. The van der Waals surface area contributed by atoms with Gasteiger partial charge in [-0.05, 0) is 42.5 Å². The van der Waals surface area contributed by atoms with E-state index in [4.69, 9.17) is 8.83 Å². The second kappa shape index (κ2) is 6.52. The normalized spacial score (nSPS) is 14.7. The van der Waals surface area contributed by atoms with Crippen molar-refractivity contribution in [2.75, 3.05) is 10.6 Å². The van der Waals surface area contributed by atoms with Crippen LogP contribution in [0, 0.1) is 0 Å². The molecule has 3 aromatic rings. The average molecular weight is 354 g/mol. The quantitative estimate of drug-likeness (QED) is 0.634. The number of benzene rings is 1. The van der Waals surface area contributed by atoms with E-state index in [1.54, 1.807) is 60.3 Å². The smallest absolute Gasteiger partial charge is 0.291 e. The number of fused-ring (bicyclic) bond motifs is 6. The lowest BCUT2D eigenvalue weighted by molar-refractivity contribution is 0.0989. The predicted molar refractivity (Wildman–Crippen MR) is 94.8 cm³/mol. The van der Waals surface area contributed by atoms with Crippen molar-refractivity contribution in [1.82, 2.24) is 0 Å². The topological polar surface area (TPSA) is 84.5 Å². The van der Waals surface area contributed by atoms with E-state index in [1.165, 1.54) is 0 Å². The second-order valence-corrected chi connectivity index (χ2v) is 6.50. The minimum absolute atomic E-state index is 0.248. The van der Waals surface area contributed by atoms with Gasteiger partial charge in [0, 0.05) is 11.4 Å². The molecule has 0 atom stereocenters. The Morgan fingerprint density at radius 2 is 1.28 bits per heavy atom. The highest BCUT2D eigenvalue weighted by Crippen LogP contribution is 2.23. The molecule has 0 spiro atoms. The summed E-state index contributed by atoms with van der Waals surface area (Å²) in [5.41, 5.74) is 1.12. The first kappa shape index (κ1) is 15.6. The number of rotatable bonds is 0. The van der Waals surface area contributed by atoms with Crippen molar-refractivity contribution in [2.45, 2.75) is 11.5 Å². The Kier molecular flexibility index (Phi) is 4.07. The van der Waals surface area contributed by atoms with Gasteiger partial charge in [0.1, 0.15) is 11.5 Å². The molecule has 0 fully saturated rings. The first-order chi connectivity index (χ1) is 12.2. The fourth-order valence-electron chi connectivity index (χ4n) is 2.47. The summed E-state index contributed by atoms with van der Waals surface area (Å²) < 4.78 is 11.2. The fourth-order valence-corrected chi connectivity index (χ4v) is 3.28. The van der Waals surface area contributed by atoms with Crippen LogP contribution in [0.15, 0.2) is 57.4 Å². The van der Waals surface area contributed by atoms with Crippen molar-refractivity contribution in [3.63, 3.8) is 0 Å². The Hall–Kier alpha value is -2.93. The SMILES string of the molecule is O=C1Nc2cccc(c2)NC(=O)c2ccc(o2)CSCc2ccc1o2. The maximum Gasteiger partial charge on any atom is 0.291 e. The Morgan fingerprint density at radius 1 is 0.760 bits per heavy atom. The molecule has 0 saturated heterocycles. The van der Waals surface area contributed by atoms with Crippen molar-refractivity contribution >= 4 is 35.0 Å². The first-order valence-electron chi connectivity index (χ1n) is 7.65. The van der Waals surface area contributed by atoms with Crippen LogP contribution in [-0.2, 0) is 11.5 Å². The number of carbonyl (C=O) groups excluding carboxylic acids is 2. The molecule has 2 N–H and O–H groups in total. The third kappa shape index (κ3) is 3.46. The van der Waals surface area contributed by atoms with E-state index in [0.29, 0.717) is 34.4 Å². The molecule has 6 nitrogen and oxygen atoms in total. The summed E-state index contributed by atoms with van der Waals surface area (Å²) in [6, 6.07) is 13.8. The molecule has 2 aromatic heterocycles. The second-order valence-electron chi connectivity index (χ2n) is 5.51. The zero-order valence-corrected chi connectivity index (χ0v) is 13.9. The van der Waals surface area contributed by atoms with E-state index in [-0.39, 0.29) is 23.3 Å². The molecule has 0 unspecified atom stereocenters. The lowest BCUT2D eigenvalue weighted by Crippen LogP contribution is -2.13. The zero-order chi connectivity index (χ0) is 17.2. The van der Waals surface area contributed by atoms with E-state index in [2.05, 4.69) is 10.6 Å². The molecule has 1 aromatic carbocycles. The van der Waals surface area contributed by atoms with Gasteiger partial charge in [0.2, 0.25) is 0 Å². The number of hydrogen-bond acceptors (Lipinski definition) is 5. The summed E-state index contributed by atoms with van der Waals surface area (Å²) >= 11 is 1.58. The third-order valence-corrected chi connectivity index (χ3v) is 4.62. The highest BCUT2D eigenvalue weighted by Gasteiger charge is 2.15. The van der Waals surface area contributed by atoms with Gasteiger partial charge in [-0.15, -0.1) is 11.8 Å². The van der Waals surface area contributed by atoms with Crippen LogP contribution in [0.2, 0.25) is 0 Å². The molecule has 126 valence electrons. The Morgan fingerprint density at radius 3 is 1.80 bits per heavy atom. The van der Waals surface area contributed by atoms with E-state index in [1.807, 2.05) is 0 Å². The number of hydrogen-bond donors (Lipinski definition) is 2. The molecule has 0 aliphatic carbocycles. The predicted octanol–water partition coefficient (Wildman–Crippen LogP) is 4.12. The van der Waals surface area contributed by atoms with Crippen LogP contribution in [0.3, 0.4) is 0 Å². The van der Waals surface area contributed by atoms with Crippen LogP contribution in [-0.4, -0.2) is 11.8 Å². The molecule has 0 radical (unpaired) electrons. The van der Waals surface area contributed by atoms with Gasteiger partial charge in [-0.2, -0.15) is 0 Å². The van der Waals surface area contributed by atoms with Crippen LogP contribution in [0.1, 0.15) is 32.6 Å². The van der Waals surface area contributed by atoms with E-state index in [9.17, 15) is 9.59 Å². The largest absolute Gasteiger partial charge is 0.455 e. The lowest BCUT2D eigenvalue weighted by atomic mass is 10.2. The number of carbonyl (C=O) groups is 2. The number of thioether (sulfide) groups is 1. The molecule has 3 heterocycles. The number of anilines is 2. The first-order valence-corrected chi connectivity index (χ1v) is 8.81. The summed E-state index contributed by atoms with van der Waals surface area (Å²) in [4.78, 5) is 24.6. The highest BCUT2D eigenvalue weighted by atomic mass is 32.2.